The molecular weight excluding hydrogens is 873 g/mol. The van der Waals surface area contributed by atoms with E-state index in [2.05, 4.69) is 74.6 Å². The van der Waals surface area contributed by atoms with Crippen LogP contribution < -0.4 is 9.80 Å². The van der Waals surface area contributed by atoms with Crippen molar-refractivity contribution < 1.29 is 24.7 Å². The first-order chi connectivity index (χ1) is 42.2. The van der Waals surface area contributed by atoms with Crippen LogP contribution >= 0.6 is 0 Å². The highest BCUT2D eigenvalue weighted by Crippen LogP contribution is 2.53. The van der Waals surface area contributed by atoms with Crippen molar-refractivity contribution in [3.63, 3.8) is 0 Å². The lowest BCUT2D eigenvalue weighted by Gasteiger charge is -2.27. The molecule has 0 saturated heterocycles. The fourth-order valence-electron chi connectivity index (χ4n) is 11.1. The lowest BCUT2D eigenvalue weighted by atomic mass is 9.85. The molecule has 13 aromatic rings. The van der Waals surface area contributed by atoms with Crippen LogP contribution in [0, 0.1) is 0 Å². The third-order valence-corrected chi connectivity index (χ3v) is 14.4. The summed E-state index contributed by atoms with van der Waals surface area (Å²) in [5, 5.41) is 5.59. The molecule has 72 heavy (non-hydrogen) atoms. The molecule has 4 nitrogen and oxygen atoms in total. The summed E-state index contributed by atoms with van der Waals surface area (Å²) in [5.74, 6) is -0.846. The van der Waals surface area contributed by atoms with Crippen molar-refractivity contribution in [3.05, 3.63) is 204 Å². The predicted octanol–water partition coefficient (Wildman–Crippen LogP) is 19.8. The average molecular weight is 953 g/mol. The van der Waals surface area contributed by atoms with Crippen molar-refractivity contribution >= 4 is 110 Å². The molecule has 0 atom stereocenters. The summed E-state index contributed by atoms with van der Waals surface area (Å²) in [6, 6.07) is 14.0. The van der Waals surface area contributed by atoms with Gasteiger partial charge in [0.1, 0.15) is 0 Å². The molecule has 4 aromatic heterocycles. The number of hydrogen-bond acceptors (Lipinski definition) is 2. The molecule has 0 fully saturated rings. The summed E-state index contributed by atoms with van der Waals surface area (Å²) >= 11 is 0. The van der Waals surface area contributed by atoms with Crippen molar-refractivity contribution in [2.75, 3.05) is 9.80 Å². The van der Waals surface area contributed by atoms with Crippen LogP contribution in [0.1, 0.15) is 128 Å². The number of para-hydroxylation sites is 4. The largest absolute Gasteiger partial charge is 0.310 e. The summed E-state index contributed by atoms with van der Waals surface area (Å²) in [4.78, 5) is 2.64. The van der Waals surface area contributed by atoms with Crippen LogP contribution in [0.25, 0.3) is 76.2 Å². The maximum Gasteiger partial charge on any atom is 0.0645 e. The van der Waals surface area contributed by atoms with Gasteiger partial charge in [-0.05, 0) is 118 Å². The first-order valence-corrected chi connectivity index (χ1v) is 24.5. The summed E-state index contributed by atoms with van der Waals surface area (Å²) in [6.07, 6.45) is 0. The highest BCUT2D eigenvalue weighted by atomic mass is 15.2. The van der Waals surface area contributed by atoms with Gasteiger partial charge >= 0.3 is 0 Å². The molecule has 0 bridgehead atoms. The Morgan fingerprint density at radius 1 is 0.389 bits per heavy atom. The Hall–Kier alpha value is -7.82. The minimum Gasteiger partial charge on any atom is -0.310 e. The topological polar surface area (TPSA) is 15.3 Å². The molecule has 0 unspecified atom stereocenters. The van der Waals surface area contributed by atoms with E-state index in [0.29, 0.717) is 32.6 Å². The van der Waals surface area contributed by atoms with Gasteiger partial charge in [0.15, 0.2) is 0 Å². The van der Waals surface area contributed by atoms with E-state index in [-0.39, 0.29) is 69.4 Å². The Morgan fingerprint density at radius 2 is 0.750 bits per heavy atom. The number of nitrogens with zero attached hydrogens (tertiary/aromatic N) is 4. The molecule has 0 radical (unpaired) electrons. The van der Waals surface area contributed by atoms with Crippen molar-refractivity contribution in [2.24, 2.45) is 0 Å². The van der Waals surface area contributed by atoms with Gasteiger partial charge in [-0.15, -0.1) is 0 Å². The van der Waals surface area contributed by atoms with Gasteiger partial charge in [0.05, 0.1) is 69.1 Å². The van der Waals surface area contributed by atoms with Crippen LogP contribution in [0.2, 0.25) is 0 Å². The first kappa shape index (κ1) is 28.9. The Bertz CT molecular complexity index is 4890. The molecule has 0 aliphatic carbocycles. The van der Waals surface area contributed by atoms with Gasteiger partial charge in [0.25, 0.3) is 0 Å². The Morgan fingerprint density at radius 3 is 1.10 bits per heavy atom. The van der Waals surface area contributed by atoms with Crippen molar-refractivity contribution in [1.82, 2.24) is 8.80 Å². The molecule has 4 heterocycles. The quantitative estimate of drug-likeness (QED) is 0.151. The van der Waals surface area contributed by atoms with E-state index in [1.54, 1.807) is 39.8 Å². The molecule has 0 saturated carbocycles. The SMILES string of the molecule is [2H]c1c([2H])c([2H])c(N(c2c([2H])c([2H])c(C(C)C)c([2H])c2[2H])c2ccc3c4cc5c(cc4n4c6c(C(C)(C)C)cccc6c2c34)c2ccc(N(c3c([2H])c([2H])c([2H])c([2H])c3[2H])c3c([2H])c([2H])c(C(C)C)c([2H])c3[2H])c3c4cccc(C(C)(C)C)c4n5c23)c([2H])c1[2H]. The molecule has 0 N–H and O–H groups in total. The van der Waals surface area contributed by atoms with Crippen LogP contribution in [-0.2, 0) is 10.8 Å². The average Bonchev–Trinajstić information content (AvgIpc) is 1.51. The van der Waals surface area contributed by atoms with E-state index in [1.807, 2.05) is 36.4 Å². The minimum absolute atomic E-state index is 0.167. The summed E-state index contributed by atoms with van der Waals surface area (Å²) in [6.45, 7) is 19.7. The van der Waals surface area contributed by atoms with Gasteiger partial charge in [-0.2, -0.15) is 0 Å². The van der Waals surface area contributed by atoms with E-state index in [4.69, 9.17) is 8.22 Å². The molecule has 4 heteroatoms. The second-order valence-electron chi connectivity index (χ2n) is 21.6. The molecular formula is C68H62N4. The van der Waals surface area contributed by atoms with Gasteiger partial charge in [0.2, 0.25) is 0 Å². The summed E-state index contributed by atoms with van der Waals surface area (Å²) in [5.41, 5.74) is 4.83. The van der Waals surface area contributed by atoms with Crippen molar-refractivity contribution in [3.8, 4) is 0 Å². The Kier molecular flexibility index (Phi) is 6.35. The second-order valence-corrected chi connectivity index (χ2v) is 21.6. The summed E-state index contributed by atoms with van der Waals surface area (Å²) in [7, 11) is 0. The van der Waals surface area contributed by atoms with Crippen LogP contribution in [0.4, 0.5) is 34.1 Å². The normalized spacial score (nSPS) is 16.3. The smallest absolute Gasteiger partial charge is 0.0645 e. The highest BCUT2D eigenvalue weighted by molar-refractivity contribution is 6.32. The highest BCUT2D eigenvalue weighted by Gasteiger charge is 2.31. The molecule has 0 aliphatic rings. The minimum atomic E-state index is -0.649. The number of benzene rings is 9. The Labute approximate surface area is 448 Å². The van der Waals surface area contributed by atoms with Gasteiger partial charge in [-0.25, -0.2) is 0 Å². The fourth-order valence-corrected chi connectivity index (χ4v) is 11.1. The van der Waals surface area contributed by atoms with E-state index in [0.717, 1.165) is 54.7 Å². The predicted molar refractivity (Wildman–Crippen MR) is 311 cm³/mol. The standard InChI is InChI=1S/C68H62N4/c1-41(2)43-27-31-47(32-28-43)69(45-19-13-11-14-20-45)57-37-35-49-53-39-60-54(40-59(53)71-63-51(61(57)65(49)71)23-17-25-55(63)67(5,6)7)50-36-38-58(62-52-24-18-26-56(68(8,9)10)64(52)72(60)66(50)62)70(46-21-15-12-16-22-46)48-33-29-44(30-34-48)42(3)4/h11-42H,1-10H3/i11D,12D,13D,14D,15D,16D,19D,20D,21D,22D,27D,28D,29D,30D,31D,32D,33D,34D. The zero-order valence-electron chi connectivity index (χ0n) is 59.9. The van der Waals surface area contributed by atoms with E-state index in [1.165, 1.54) is 9.80 Å². The third kappa shape index (κ3) is 6.43. The molecule has 0 spiro atoms. The van der Waals surface area contributed by atoms with Gasteiger partial charge < -0.3 is 18.6 Å². The lowest BCUT2D eigenvalue weighted by Crippen LogP contribution is -2.12. The number of rotatable bonds is 8. The molecule has 354 valence electrons. The van der Waals surface area contributed by atoms with Crippen LogP contribution in [-0.4, -0.2) is 8.80 Å². The second kappa shape index (κ2) is 15.8. The van der Waals surface area contributed by atoms with Gasteiger partial charge in [-0.3, -0.25) is 0 Å². The van der Waals surface area contributed by atoms with E-state index in [9.17, 15) is 16.4 Å². The Balaban J connectivity index is 1.22. The number of hydrogen-bond donors (Lipinski definition) is 0. The molecule has 0 aliphatic heterocycles. The van der Waals surface area contributed by atoms with E-state index >= 15 is 0 Å². The van der Waals surface area contributed by atoms with Crippen molar-refractivity contribution in [1.29, 1.82) is 0 Å². The zero-order valence-corrected chi connectivity index (χ0v) is 41.9. The fraction of sp³-hybridized carbons (Fsp3) is 0.206. The first-order valence-electron chi connectivity index (χ1n) is 33.5. The molecule has 0 amide bonds. The zero-order chi connectivity index (χ0) is 65.2. The van der Waals surface area contributed by atoms with E-state index < -0.39 is 107 Å². The van der Waals surface area contributed by atoms with Gasteiger partial charge in [0, 0.05) is 65.8 Å². The van der Waals surface area contributed by atoms with Crippen LogP contribution in [0.15, 0.2) is 182 Å². The maximum absolute atomic E-state index is 9.68. The summed E-state index contributed by atoms with van der Waals surface area (Å²) < 4.78 is 171. The lowest BCUT2D eigenvalue weighted by molar-refractivity contribution is 0.594. The van der Waals surface area contributed by atoms with Crippen LogP contribution in [0.5, 0.6) is 0 Å². The molecule has 9 aromatic carbocycles. The number of anilines is 6. The monoisotopic (exact) mass is 953 g/mol. The maximum atomic E-state index is 9.68. The van der Waals surface area contributed by atoms with Crippen molar-refractivity contribution in [2.45, 2.75) is 91.9 Å². The van der Waals surface area contributed by atoms with Gasteiger partial charge in [-0.1, -0.05) is 178 Å². The third-order valence-electron chi connectivity index (χ3n) is 14.4. The number of fused-ring (bicyclic) bond motifs is 12. The molecule has 13 rings (SSSR count). The number of aromatic nitrogens is 2. The van der Waals surface area contributed by atoms with Crippen LogP contribution in [0.3, 0.4) is 0 Å².